The van der Waals surface area contributed by atoms with Gasteiger partial charge in [0, 0.05) is 24.7 Å². The highest BCUT2D eigenvalue weighted by molar-refractivity contribution is 5.86. The number of rotatable bonds is 1. The highest BCUT2D eigenvalue weighted by Gasteiger charge is 2.44. The molecule has 4 heterocycles. The molecule has 1 aromatic carbocycles. The summed E-state index contributed by atoms with van der Waals surface area (Å²) in [7, 11) is 4.03. The van der Waals surface area contributed by atoms with Gasteiger partial charge in [0.15, 0.2) is 6.29 Å². The molecule has 0 N–H and O–H groups in total. The molecule has 1 fully saturated rings. The second-order valence-corrected chi connectivity index (χ2v) is 7.61. The molecule has 0 spiro atoms. The first-order valence-electron chi connectivity index (χ1n) is 9.39. The minimum absolute atomic E-state index is 0.0591. The van der Waals surface area contributed by atoms with E-state index in [0.717, 1.165) is 25.8 Å². The first kappa shape index (κ1) is 15.6. The van der Waals surface area contributed by atoms with Gasteiger partial charge in [-0.1, -0.05) is 24.3 Å². The Kier molecular flexibility index (Phi) is 3.56. The van der Waals surface area contributed by atoms with Crippen LogP contribution in [-0.2, 0) is 15.9 Å². The molecule has 4 heteroatoms. The van der Waals surface area contributed by atoms with E-state index in [1.807, 2.05) is 0 Å². The fraction of sp³-hybridized carbons (Fsp3) is 0.524. The predicted molar refractivity (Wildman–Crippen MR) is 98.4 cm³/mol. The molecule has 5 rings (SSSR count). The summed E-state index contributed by atoms with van der Waals surface area (Å²) in [5.74, 6) is 0.519. The minimum Gasteiger partial charge on any atom is -0.352 e. The molecule has 4 nitrogen and oxygen atoms in total. The van der Waals surface area contributed by atoms with Crippen LogP contribution >= 0.6 is 0 Å². The van der Waals surface area contributed by atoms with Crippen molar-refractivity contribution < 1.29 is 9.47 Å². The number of ether oxygens (including phenoxy) is 2. The van der Waals surface area contributed by atoms with Crippen LogP contribution in [0.2, 0.25) is 0 Å². The Labute approximate surface area is 149 Å². The number of hydrogen-bond donors (Lipinski definition) is 0. The van der Waals surface area contributed by atoms with Gasteiger partial charge in [0.2, 0.25) is 0 Å². The number of nitrogens with zero attached hydrogens (tertiary/aromatic N) is 2. The quantitative estimate of drug-likeness (QED) is 0.735. The van der Waals surface area contributed by atoms with E-state index in [-0.39, 0.29) is 12.5 Å². The van der Waals surface area contributed by atoms with Crippen molar-refractivity contribution in [1.82, 2.24) is 9.47 Å². The SMILES string of the molecule is CC=C1[C@@H]2C[C@H]3c4c(c5ccccc5n4[C@@H](C2)O[C@@H]1OC)CCN3C. The monoisotopic (exact) mass is 338 g/mol. The van der Waals surface area contributed by atoms with Crippen LogP contribution in [0.5, 0.6) is 0 Å². The van der Waals surface area contributed by atoms with Gasteiger partial charge in [-0.05, 0) is 56.4 Å². The van der Waals surface area contributed by atoms with Crippen molar-refractivity contribution in [1.29, 1.82) is 0 Å². The molecule has 0 unspecified atom stereocenters. The second kappa shape index (κ2) is 5.70. The lowest BCUT2D eigenvalue weighted by molar-refractivity contribution is -0.182. The fourth-order valence-corrected chi connectivity index (χ4v) is 5.31. The van der Waals surface area contributed by atoms with Crippen molar-refractivity contribution >= 4 is 10.9 Å². The van der Waals surface area contributed by atoms with E-state index in [9.17, 15) is 0 Å². The van der Waals surface area contributed by atoms with Crippen molar-refractivity contribution in [3.05, 3.63) is 47.2 Å². The number of aromatic nitrogens is 1. The van der Waals surface area contributed by atoms with Crippen LogP contribution in [0.3, 0.4) is 0 Å². The number of hydrogen-bond acceptors (Lipinski definition) is 3. The van der Waals surface area contributed by atoms with E-state index in [0.29, 0.717) is 12.0 Å². The van der Waals surface area contributed by atoms with E-state index in [4.69, 9.17) is 9.47 Å². The minimum atomic E-state index is -0.226. The maximum absolute atomic E-state index is 6.44. The van der Waals surface area contributed by atoms with E-state index in [1.165, 1.54) is 27.7 Å². The summed E-state index contributed by atoms with van der Waals surface area (Å²) < 4.78 is 14.6. The standard InChI is InChI=1S/C21H26N2O2/c1-4-14-13-11-18-20-16(9-10-22(18)2)15-7-5-6-8-17(15)23(20)19(12-13)25-21(14)24-3/h4-8,13,18-19,21H,9-12H2,1-3H3/t13-,18+,19-,21+/m1/s1. The topological polar surface area (TPSA) is 26.6 Å². The third kappa shape index (κ3) is 2.11. The van der Waals surface area contributed by atoms with E-state index in [2.05, 4.69) is 53.8 Å². The largest absolute Gasteiger partial charge is 0.352 e. The number of allylic oxidation sites excluding steroid dienone is 1. The van der Waals surface area contributed by atoms with Crippen LogP contribution in [0.1, 0.15) is 43.3 Å². The van der Waals surface area contributed by atoms with Crippen LogP contribution in [0, 0.1) is 5.92 Å². The molecule has 1 aromatic heterocycles. The smallest absolute Gasteiger partial charge is 0.182 e. The summed E-state index contributed by atoms with van der Waals surface area (Å²) in [4.78, 5) is 2.54. The highest BCUT2D eigenvalue weighted by Crippen LogP contribution is 2.50. The molecule has 132 valence electrons. The van der Waals surface area contributed by atoms with Gasteiger partial charge in [-0.2, -0.15) is 0 Å². The number of methoxy groups -OCH3 is 1. The maximum Gasteiger partial charge on any atom is 0.182 e. The molecule has 25 heavy (non-hydrogen) atoms. The molecule has 3 aliphatic heterocycles. The van der Waals surface area contributed by atoms with Crippen LogP contribution < -0.4 is 0 Å². The van der Waals surface area contributed by atoms with Crippen molar-refractivity contribution in [3.63, 3.8) is 0 Å². The molecular formula is C21H26N2O2. The Morgan fingerprint density at radius 2 is 2.08 bits per heavy atom. The van der Waals surface area contributed by atoms with Gasteiger partial charge < -0.3 is 14.0 Å². The number of para-hydroxylation sites is 1. The predicted octanol–water partition coefficient (Wildman–Crippen LogP) is 4.03. The Bertz CT molecular complexity index is 853. The lowest BCUT2D eigenvalue weighted by Crippen LogP contribution is -2.34. The summed E-state index contributed by atoms with van der Waals surface area (Å²) in [5.41, 5.74) is 5.65. The van der Waals surface area contributed by atoms with Crippen molar-refractivity contribution in [2.45, 2.75) is 44.7 Å². The zero-order valence-corrected chi connectivity index (χ0v) is 15.2. The van der Waals surface area contributed by atoms with Crippen LogP contribution in [0.15, 0.2) is 35.9 Å². The Morgan fingerprint density at radius 3 is 2.88 bits per heavy atom. The molecule has 3 aliphatic rings. The normalized spacial score (nSPS) is 33.5. The summed E-state index contributed by atoms with van der Waals surface area (Å²) in [6.07, 6.45) is 5.35. The third-order valence-corrected chi connectivity index (χ3v) is 6.47. The lowest BCUT2D eigenvalue weighted by atomic mass is 9.84. The molecule has 2 aromatic rings. The number of fused-ring (bicyclic) bond motifs is 6. The fourth-order valence-electron chi connectivity index (χ4n) is 5.31. The molecule has 2 bridgehead atoms. The van der Waals surface area contributed by atoms with Crippen LogP contribution in [0.25, 0.3) is 10.9 Å². The molecule has 1 saturated heterocycles. The van der Waals surface area contributed by atoms with E-state index in [1.54, 1.807) is 7.11 Å². The van der Waals surface area contributed by atoms with E-state index < -0.39 is 0 Å². The van der Waals surface area contributed by atoms with Crippen LogP contribution in [0.4, 0.5) is 0 Å². The molecule has 0 saturated carbocycles. The van der Waals surface area contributed by atoms with E-state index >= 15 is 0 Å². The molecule has 0 aliphatic carbocycles. The maximum atomic E-state index is 6.44. The van der Waals surface area contributed by atoms with Gasteiger partial charge >= 0.3 is 0 Å². The molecular weight excluding hydrogens is 312 g/mol. The van der Waals surface area contributed by atoms with Crippen molar-refractivity contribution in [2.75, 3.05) is 20.7 Å². The Hall–Kier alpha value is -1.62. The Morgan fingerprint density at radius 1 is 1.24 bits per heavy atom. The number of benzene rings is 1. The van der Waals surface area contributed by atoms with Crippen molar-refractivity contribution in [3.8, 4) is 0 Å². The second-order valence-electron chi connectivity index (χ2n) is 7.61. The molecule has 4 atom stereocenters. The van der Waals surface area contributed by atoms with Crippen LogP contribution in [-0.4, -0.2) is 36.5 Å². The summed E-state index contributed by atoms with van der Waals surface area (Å²) >= 11 is 0. The van der Waals surface area contributed by atoms with Gasteiger partial charge in [0.1, 0.15) is 6.23 Å². The number of likely N-dealkylation sites (N-methyl/N-ethyl adjacent to an activating group) is 1. The summed E-state index contributed by atoms with van der Waals surface area (Å²) in [6.45, 7) is 3.24. The molecule has 0 amide bonds. The summed E-state index contributed by atoms with van der Waals surface area (Å²) in [5, 5.41) is 1.41. The van der Waals surface area contributed by atoms with Gasteiger partial charge in [-0.25, -0.2) is 0 Å². The third-order valence-electron chi connectivity index (χ3n) is 6.47. The molecule has 0 radical (unpaired) electrons. The average Bonchev–Trinajstić information content (AvgIpc) is 2.90. The van der Waals surface area contributed by atoms with Gasteiger partial charge in [-0.15, -0.1) is 0 Å². The van der Waals surface area contributed by atoms with Gasteiger partial charge in [-0.3, -0.25) is 4.90 Å². The Balaban J connectivity index is 1.76. The first-order chi connectivity index (χ1) is 12.2. The van der Waals surface area contributed by atoms with Gasteiger partial charge in [0.25, 0.3) is 0 Å². The summed E-state index contributed by atoms with van der Waals surface area (Å²) in [6, 6.07) is 9.29. The first-order valence-corrected chi connectivity index (χ1v) is 9.39. The zero-order valence-electron chi connectivity index (χ0n) is 15.2. The highest BCUT2D eigenvalue weighted by atomic mass is 16.7. The lowest BCUT2D eigenvalue weighted by Gasteiger charge is -2.37. The van der Waals surface area contributed by atoms with Crippen molar-refractivity contribution in [2.24, 2.45) is 5.92 Å². The average molecular weight is 338 g/mol. The van der Waals surface area contributed by atoms with Gasteiger partial charge in [0.05, 0.1) is 11.6 Å². The zero-order chi connectivity index (χ0) is 17.1.